The summed E-state index contributed by atoms with van der Waals surface area (Å²) in [6.07, 6.45) is 0.954. The first-order valence-electron chi connectivity index (χ1n) is 9.76. The SMILES string of the molecule is CC1(N(c2ccc(C(=O)NO)cc2)C(C=O)c2ccccc2)CNc2ccccc21. The molecule has 6 heteroatoms. The molecule has 3 aromatic carbocycles. The third-order valence-electron chi connectivity index (χ3n) is 5.72. The summed E-state index contributed by atoms with van der Waals surface area (Å²) < 4.78 is 0. The van der Waals surface area contributed by atoms with Crippen molar-refractivity contribution in [3.63, 3.8) is 0 Å². The number of rotatable bonds is 6. The van der Waals surface area contributed by atoms with Gasteiger partial charge in [0.2, 0.25) is 0 Å². The van der Waals surface area contributed by atoms with Crippen molar-refractivity contribution < 1.29 is 14.8 Å². The number of nitrogens with zero attached hydrogens (tertiary/aromatic N) is 1. The summed E-state index contributed by atoms with van der Waals surface area (Å²) >= 11 is 0. The van der Waals surface area contributed by atoms with E-state index in [0.29, 0.717) is 12.1 Å². The maximum absolute atomic E-state index is 12.4. The molecule has 30 heavy (non-hydrogen) atoms. The van der Waals surface area contributed by atoms with Crippen molar-refractivity contribution >= 4 is 23.6 Å². The second-order valence-electron chi connectivity index (χ2n) is 7.52. The number of nitrogens with one attached hydrogen (secondary N) is 2. The lowest BCUT2D eigenvalue weighted by molar-refractivity contribution is -0.109. The van der Waals surface area contributed by atoms with E-state index in [1.54, 1.807) is 29.7 Å². The monoisotopic (exact) mass is 401 g/mol. The summed E-state index contributed by atoms with van der Waals surface area (Å²) in [6, 6.07) is 24.1. The molecule has 6 nitrogen and oxygen atoms in total. The number of hydrogen-bond donors (Lipinski definition) is 3. The first-order chi connectivity index (χ1) is 14.6. The molecular formula is C24H23N3O3. The highest BCUT2D eigenvalue weighted by atomic mass is 16.5. The number of carbonyl (C=O) groups excluding carboxylic acids is 2. The molecule has 0 aliphatic carbocycles. The van der Waals surface area contributed by atoms with Crippen LogP contribution < -0.4 is 15.7 Å². The molecule has 0 aromatic heterocycles. The van der Waals surface area contributed by atoms with Gasteiger partial charge in [0.05, 0.1) is 5.54 Å². The fourth-order valence-electron chi connectivity index (χ4n) is 4.21. The van der Waals surface area contributed by atoms with Crippen molar-refractivity contribution in [3.8, 4) is 0 Å². The quantitative estimate of drug-likeness (QED) is 0.332. The van der Waals surface area contributed by atoms with E-state index in [0.717, 1.165) is 28.8 Å². The fraction of sp³-hybridized carbons (Fsp3) is 0.167. The first kappa shape index (κ1) is 19.7. The zero-order valence-corrected chi connectivity index (χ0v) is 16.6. The third kappa shape index (κ3) is 3.31. The number of hydrogen-bond acceptors (Lipinski definition) is 5. The molecule has 0 bridgehead atoms. The second kappa shape index (κ2) is 8.00. The van der Waals surface area contributed by atoms with E-state index >= 15 is 0 Å². The highest BCUT2D eigenvalue weighted by molar-refractivity contribution is 5.93. The zero-order valence-electron chi connectivity index (χ0n) is 16.6. The summed E-state index contributed by atoms with van der Waals surface area (Å²) in [4.78, 5) is 26.2. The minimum Gasteiger partial charge on any atom is -0.382 e. The molecule has 0 fully saturated rings. The molecule has 2 unspecified atom stereocenters. The Labute approximate surface area is 175 Å². The summed E-state index contributed by atoms with van der Waals surface area (Å²) in [5.41, 5.74) is 5.30. The summed E-state index contributed by atoms with van der Waals surface area (Å²) in [6.45, 7) is 2.74. The van der Waals surface area contributed by atoms with Crippen molar-refractivity contribution in [1.82, 2.24) is 5.48 Å². The molecule has 1 heterocycles. The Kier molecular flexibility index (Phi) is 5.25. The van der Waals surface area contributed by atoms with E-state index in [1.165, 1.54) is 0 Å². The minimum absolute atomic E-state index is 0.332. The maximum atomic E-state index is 12.4. The van der Waals surface area contributed by atoms with Crippen molar-refractivity contribution in [1.29, 1.82) is 0 Å². The van der Waals surface area contributed by atoms with E-state index in [4.69, 9.17) is 5.21 Å². The fourth-order valence-corrected chi connectivity index (χ4v) is 4.21. The van der Waals surface area contributed by atoms with Gasteiger partial charge in [0.1, 0.15) is 12.3 Å². The molecule has 3 N–H and O–H groups in total. The van der Waals surface area contributed by atoms with Crippen LogP contribution in [0.1, 0.15) is 34.5 Å². The number of carbonyl (C=O) groups is 2. The molecule has 1 aliphatic heterocycles. The zero-order chi connectivity index (χ0) is 21.1. The van der Waals surface area contributed by atoms with Gasteiger partial charge >= 0.3 is 0 Å². The van der Waals surface area contributed by atoms with Gasteiger partial charge in [-0.15, -0.1) is 0 Å². The molecular weight excluding hydrogens is 378 g/mol. The highest BCUT2D eigenvalue weighted by Gasteiger charge is 2.43. The van der Waals surface area contributed by atoms with Gasteiger partial charge in [-0.1, -0.05) is 48.5 Å². The third-order valence-corrected chi connectivity index (χ3v) is 5.72. The Morgan fingerprint density at radius 3 is 2.40 bits per heavy atom. The smallest absolute Gasteiger partial charge is 0.274 e. The van der Waals surface area contributed by atoms with Crippen LogP contribution in [0.5, 0.6) is 0 Å². The molecule has 1 amide bonds. The molecule has 1 aliphatic rings. The molecule has 0 radical (unpaired) electrons. The van der Waals surface area contributed by atoms with Crippen LogP contribution in [0.25, 0.3) is 0 Å². The lowest BCUT2D eigenvalue weighted by Crippen LogP contribution is -2.48. The lowest BCUT2D eigenvalue weighted by Gasteiger charge is -2.44. The first-order valence-corrected chi connectivity index (χ1v) is 9.76. The topological polar surface area (TPSA) is 81.7 Å². The Morgan fingerprint density at radius 1 is 1.07 bits per heavy atom. The summed E-state index contributed by atoms with van der Waals surface area (Å²) in [5, 5.41) is 12.4. The van der Waals surface area contributed by atoms with E-state index in [1.807, 2.05) is 48.5 Å². The number of fused-ring (bicyclic) bond motifs is 1. The minimum atomic E-state index is -0.581. The number of aldehydes is 1. The number of anilines is 2. The van der Waals surface area contributed by atoms with E-state index in [-0.39, 0.29) is 0 Å². The van der Waals surface area contributed by atoms with Gasteiger partial charge in [-0.05, 0) is 42.8 Å². The van der Waals surface area contributed by atoms with E-state index in [9.17, 15) is 9.59 Å². The highest BCUT2D eigenvalue weighted by Crippen LogP contribution is 2.45. The van der Waals surface area contributed by atoms with Crippen LogP contribution in [-0.2, 0) is 10.3 Å². The predicted molar refractivity (Wildman–Crippen MR) is 116 cm³/mol. The average Bonchev–Trinajstić information content (AvgIpc) is 3.15. The van der Waals surface area contributed by atoms with Gasteiger partial charge in [-0.25, -0.2) is 5.48 Å². The van der Waals surface area contributed by atoms with Crippen molar-refractivity contribution in [2.75, 3.05) is 16.8 Å². The largest absolute Gasteiger partial charge is 0.382 e. The predicted octanol–water partition coefficient (Wildman–Crippen LogP) is 3.89. The lowest BCUT2D eigenvalue weighted by atomic mass is 9.88. The summed E-state index contributed by atoms with van der Waals surface area (Å²) in [5.74, 6) is -0.581. The van der Waals surface area contributed by atoms with Crippen molar-refractivity contribution in [2.45, 2.75) is 18.5 Å². The molecule has 4 rings (SSSR count). The van der Waals surface area contributed by atoms with Crippen LogP contribution in [0, 0.1) is 0 Å². The van der Waals surface area contributed by atoms with Gasteiger partial charge in [0.25, 0.3) is 5.91 Å². The van der Waals surface area contributed by atoms with Gasteiger partial charge in [0.15, 0.2) is 0 Å². The van der Waals surface area contributed by atoms with E-state index < -0.39 is 17.5 Å². The van der Waals surface area contributed by atoms with Crippen LogP contribution in [-0.4, -0.2) is 23.9 Å². The number of amides is 1. The number of para-hydroxylation sites is 1. The number of hydroxylamine groups is 1. The molecule has 152 valence electrons. The van der Waals surface area contributed by atoms with Crippen LogP contribution in [0.4, 0.5) is 11.4 Å². The average molecular weight is 401 g/mol. The van der Waals surface area contributed by atoms with Crippen LogP contribution in [0.15, 0.2) is 78.9 Å². The Morgan fingerprint density at radius 2 is 1.73 bits per heavy atom. The molecule has 3 aromatic rings. The van der Waals surface area contributed by atoms with Crippen LogP contribution in [0.3, 0.4) is 0 Å². The second-order valence-corrected chi connectivity index (χ2v) is 7.52. The van der Waals surface area contributed by atoms with Crippen LogP contribution >= 0.6 is 0 Å². The van der Waals surface area contributed by atoms with Crippen molar-refractivity contribution in [2.24, 2.45) is 0 Å². The van der Waals surface area contributed by atoms with E-state index in [2.05, 4.69) is 23.2 Å². The molecule has 0 spiro atoms. The maximum Gasteiger partial charge on any atom is 0.274 e. The normalized spacial score (nSPS) is 18.1. The Bertz CT molecular complexity index is 1050. The molecule has 0 saturated carbocycles. The standard InChI is InChI=1S/C24H23N3O3/c1-24(16-25-21-10-6-5-9-20(21)24)27(22(15-28)17-7-3-2-4-8-17)19-13-11-18(12-14-19)23(29)26-30/h2-15,22,25,30H,16H2,1H3,(H,26,29). The van der Waals surface area contributed by atoms with Gasteiger partial charge in [0, 0.05) is 29.0 Å². The van der Waals surface area contributed by atoms with Gasteiger partial charge in [-0.3, -0.25) is 10.0 Å². The van der Waals surface area contributed by atoms with Gasteiger partial charge < -0.3 is 15.0 Å². The van der Waals surface area contributed by atoms with Crippen LogP contribution in [0.2, 0.25) is 0 Å². The van der Waals surface area contributed by atoms with Crippen molar-refractivity contribution in [3.05, 3.63) is 95.6 Å². The Hall–Kier alpha value is -3.64. The summed E-state index contributed by atoms with van der Waals surface area (Å²) in [7, 11) is 0. The Balaban J connectivity index is 1.86. The molecule has 0 saturated heterocycles. The molecule has 2 atom stereocenters. The van der Waals surface area contributed by atoms with Gasteiger partial charge in [-0.2, -0.15) is 0 Å². The number of benzene rings is 3.